The Balaban J connectivity index is 3.17. The average Bonchev–Trinajstić information content (AvgIpc) is 2.02. The van der Waals surface area contributed by atoms with Crippen LogP contribution in [0.4, 0.5) is 4.79 Å². The summed E-state index contributed by atoms with van der Waals surface area (Å²) in [5.41, 5.74) is 4.77. The van der Waals surface area contributed by atoms with E-state index in [0.29, 0.717) is 19.8 Å². The second-order valence-electron chi connectivity index (χ2n) is 2.18. The van der Waals surface area contributed by atoms with Crippen molar-refractivity contribution in [1.29, 1.82) is 0 Å². The van der Waals surface area contributed by atoms with E-state index < -0.39 is 12.4 Å². The van der Waals surface area contributed by atoms with Crippen LogP contribution in [0.5, 0.6) is 0 Å². The van der Waals surface area contributed by atoms with Gasteiger partial charge in [-0.05, 0) is 6.92 Å². The molecule has 0 radical (unpaired) electrons. The maximum absolute atomic E-state index is 10.2. The highest BCUT2D eigenvalue weighted by Gasteiger charge is 2.04. The molecule has 5 nitrogen and oxygen atoms in total. The Kier molecular flexibility index (Phi) is 8.07. The minimum Gasteiger partial charge on any atom is -0.420 e. The summed E-state index contributed by atoms with van der Waals surface area (Å²) in [5.74, 6) is 0. The molecule has 0 bridgehead atoms. The summed E-state index contributed by atoms with van der Waals surface area (Å²) in [7, 11) is 0. The molecule has 2 N–H and O–H groups in total. The number of primary amides is 1. The fourth-order valence-electron chi connectivity index (χ4n) is 0.627. The lowest BCUT2D eigenvalue weighted by Gasteiger charge is -2.11. The summed E-state index contributed by atoms with van der Waals surface area (Å²) < 4.78 is 14.6. The lowest BCUT2D eigenvalue weighted by molar-refractivity contribution is -0.101. The number of halogens is 1. The smallest absolute Gasteiger partial charge is 0.406 e. The fraction of sp³-hybridized carbons (Fsp3) is 0.857. The third-order valence-electron chi connectivity index (χ3n) is 1.08. The van der Waals surface area contributed by atoms with Crippen molar-refractivity contribution >= 4 is 22.0 Å². The van der Waals surface area contributed by atoms with Crippen molar-refractivity contribution in [1.82, 2.24) is 0 Å². The van der Waals surface area contributed by atoms with E-state index in [1.54, 1.807) is 6.92 Å². The summed E-state index contributed by atoms with van der Waals surface area (Å²) in [6.45, 7) is 3.07. The maximum atomic E-state index is 10.2. The van der Waals surface area contributed by atoms with Crippen LogP contribution in [0.15, 0.2) is 0 Å². The molecular weight excluding hydrogens is 242 g/mol. The van der Waals surface area contributed by atoms with Gasteiger partial charge in [-0.25, -0.2) is 4.79 Å². The highest BCUT2D eigenvalue weighted by atomic mass is 79.9. The molecule has 0 aromatic rings. The Morgan fingerprint density at radius 2 is 2.15 bits per heavy atom. The minimum absolute atomic E-state index is 0.376. The van der Waals surface area contributed by atoms with Gasteiger partial charge < -0.3 is 19.9 Å². The van der Waals surface area contributed by atoms with Gasteiger partial charge in [-0.2, -0.15) is 0 Å². The molecule has 13 heavy (non-hydrogen) atoms. The Bertz CT molecular complexity index is 144. The van der Waals surface area contributed by atoms with Gasteiger partial charge >= 0.3 is 6.09 Å². The van der Waals surface area contributed by atoms with E-state index in [9.17, 15) is 4.79 Å². The molecule has 78 valence electrons. The number of hydrogen-bond acceptors (Lipinski definition) is 4. The molecule has 0 aromatic carbocycles. The molecule has 0 saturated heterocycles. The molecular formula is C7H14BrNO4. The van der Waals surface area contributed by atoms with Gasteiger partial charge in [0.25, 0.3) is 0 Å². The SMILES string of the molecule is CC(OCCOCCBr)OC(N)=O. The quantitative estimate of drug-likeness (QED) is 0.416. The minimum atomic E-state index is -0.839. The number of carbonyl (C=O) groups excluding carboxylic acids is 1. The van der Waals surface area contributed by atoms with Gasteiger partial charge in [0.05, 0.1) is 19.8 Å². The molecule has 1 unspecified atom stereocenters. The summed E-state index contributed by atoms with van der Waals surface area (Å²) in [6.07, 6.45) is -1.46. The van der Waals surface area contributed by atoms with E-state index in [4.69, 9.17) is 15.2 Å². The van der Waals surface area contributed by atoms with Gasteiger partial charge in [0.2, 0.25) is 6.29 Å². The van der Waals surface area contributed by atoms with E-state index in [2.05, 4.69) is 20.7 Å². The topological polar surface area (TPSA) is 70.8 Å². The molecule has 0 fully saturated rings. The van der Waals surface area contributed by atoms with Crippen LogP contribution < -0.4 is 5.73 Å². The number of nitrogens with two attached hydrogens (primary N) is 1. The van der Waals surface area contributed by atoms with Crippen LogP contribution in [0, 0.1) is 0 Å². The second kappa shape index (κ2) is 8.28. The first kappa shape index (κ1) is 12.7. The predicted octanol–water partition coefficient (Wildman–Crippen LogP) is 0.856. The van der Waals surface area contributed by atoms with Crippen LogP contribution in [0.2, 0.25) is 0 Å². The van der Waals surface area contributed by atoms with Crippen molar-refractivity contribution in [3.05, 3.63) is 0 Å². The van der Waals surface area contributed by atoms with Gasteiger partial charge in [-0.1, -0.05) is 15.9 Å². The number of carbonyl (C=O) groups is 1. The Labute approximate surface area is 85.6 Å². The molecule has 0 rings (SSSR count). The van der Waals surface area contributed by atoms with Gasteiger partial charge in [-0.3, -0.25) is 0 Å². The van der Waals surface area contributed by atoms with E-state index in [0.717, 1.165) is 5.33 Å². The van der Waals surface area contributed by atoms with Crippen LogP contribution in [0.3, 0.4) is 0 Å². The van der Waals surface area contributed by atoms with Gasteiger partial charge in [0, 0.05) is 5.33 Å². The number of ether oxygens (including phenoxy) is 3. The fourth-order valence-corrected chi connectivity index (χ4v) is 0.856. The Morgan fingerprint density at radius 1 is 1.46 bits per heavy atom. The zero-order valence-corrected chi connectivity index (χ0v) is 9.08. The lowest BCUT2D eigenvalue weighted by atomic mass is 10.7. The molecule has 0 spiro atoms. The van der Waals surface area contributed by atoms with Crippen molar-refractivity contribution in [2.24, 2.45) is 5.73 Å². The van der Waals surface area contributed by atoms with Crippen LogP contribution >= 0.6 is 15.9 Å². The Hall–Kier alpha value is -0.330. The third kappa shape index (κ3) is 9.59. The third-order valence-corrected chi connectivity index (χ3v) is 1.41. The van der Waals surface area contributed by atoms with Crippen LogP contribution in [0.25, 0.3) is 0 Å². The van der Waals surface area contributed by atoms with Crippen LogP contribution in [-0.2, 0) is 14.2 Å². The van der Waals surface area contributed by atoms with Crippen LogP contribution in [0.1, 0.15) is 6.92 Å². The van der Waals surface area contributed by atoms with E-state index in [1.165, 1.54) is 0 Å². The first-order chi connectivity index (χ1) is 6.16. The first-order valence-corrected chi connectivity index (χ1v) is 5.00. The molecule has 0 aliphatic rings. The molecule has 6 heteroatoms. The van der Waals surface area contributed by atoms with Crippen molar-refractivity contribution in [2.75, 3.05) is 25.2 Å². The van der Waals surface area contributed by atoms with E-state index in [1.807, 2.05) is 0 Å². The lowest BCUT2D eigenvalue weighted by Crippen LogP contribution is -2.24. The summed E-state index contributed by atoms with van der Waals surface area (Å²) >= 11 is 3.21. The standard InChI is InChI=1S/C7H14BrNO4/c1-6(13-7(9)10)12-5-4-11-3-2-8/h6H,2-5H2,1H3,(H2,9,10). The van der Waals surface area contributed by atoms with Gasteiger partial charge in [-0.15, -0.1) is 0 Å². The van der Waals surface area contributed by atoms with E-state index >= 15 is 0 Å². The molecule has 1 atom stereocenters. The molecule has 0 aromatic heterocycles. The summed E-state index contributed by atoms with van der Waals surface area (Å²) in [4.78, 5) is 10.2. The predicted molar refractivity (Wildman–Crippen MR) is 50.7 cm³/mol. The van der Waals surface area contributed by atoms with Crippen molar-refractivity contribution in [3.8, 4) is 0 Å². The largest absolute Gasteiger partial charge is 0.420 e. The van der Waals surface area contributed by atoms with E-state index in [-0.39, 0.29) is 0 Å². The first-order valence-electron chi connectivity index (χ1n) is 3.88. The highest BCUT2D eigenvalue weighted by Crippen LogP contribution is 1.93. The highest BCUT2D eigenvalue weighted by molar-refractivity contribution is 9.09. The monoisotopic (exact) mass is 255 g/mol. The van der Waals surface area contributed by atoms with Crippen molar-refractivity contribution in [3.63, 3.8) is 0 Å². The zero-order chi connectivity index (χ0) is 10.1. The second-order valence-corrected chi connectivity index (χ2v) is 2.97. The molecule has 0 aliphatic carbocycles. The van der Waals surface area contributed by atoms with Crippen molar-refractivity contribution in [2.45, 2.75) is 13.2 Å². The molecule has 0 saturated carbocycles. The summed E-state index contributed by atoms with van der Waals surface area (Å²) in [6, 6.07) is 0. The number of rotatable bonds is 7. The van der Waals surface area contributed by atoms with Crippen LogP contribution in [-0.4, -0.2) is 37.5 Å². The maximum Gasteiger partial charge on any atom is 0.406 e. The normalized spacial score (nSPS) is 12.5. The molecule has 1 amide bonds. The van der Waals surface area contributed by atoms with Crippen molar-refractivity contribution < 1.29 is 19.0 Å². The zero-order valence-electron chi connectivity index (χ0n) is 7.49. The molecule has 0 heterocycles. The summed E-state index contributed by atoms with van der Waals surface area (Å²) in [5, 5.41) is 0.792. The number of hydrogen-bond donors (Lipinski definition) is 1. The Morgan fingerprint density at radius 3 is 2.69 bits per heavy atom. The number of amides is 1. The van der Waals surface area contributed by atoms with Gasteiger partial charge in [0.15, 0.2) is 0 Å². The average molecular weight is 256 g/mol. The number of alkyl halides is 1. The molecule has 0 aliphatic heterocycles. The van der Waals surface area contributed by atoms with Gasteiger partial charge in [0.1, 0.15) is 0 Å².